The predicted octanol–water partition coefficient (Wildman–Crippen LogP) is 2.95. The Hall–Kier alpha value is -1.65. The lowest BCUT2D eigenvalue weighted by molar-refractivity contribution is 0.306. The predicted molar refractivity (Wildman–Crippen MR) is 75.9 cm³/mol. The summed E-state index contributed by atoms with van der Waals surface area (Å²) in [6, 6.07) is 10.9. The molecule has 0 unspecified atom stereocenters. The Morgan fingerprint density at radius 1 is 1.28 bits per heavy atom. The van der Waals surface area contributed by atoms with Crippen LogP contribution in [-0.2, 0) is 6.61 Å². The highest BCUT2D eigenvalue weighted by atomic mass is 35.5. The van der Waals surface area contributed by atoms with Crippen molar-refractivity contribution in [1.82, 2.24) is 4.98 Å². The zero-order chi connectivity index (χ0) is 13.0. The minimum atomic E-state index is 0.281. The molecule has 3 nitrogen and oxygen atoms in total. The molecule has 2 rings (SSSR count). The Morgan fingerprint density at radius 2 is 2.00 bits per heavy atom. The van der Waals surface area contributed by atoms with Crippen LogP contribution < -0.4 is 10.5 Å². The third kappa shape index (κ3) is 3.42. The molecule has 0 radical (unpaired) electrons. The van der Waals surface area contributed by atoms with Crippen molar-refractivity contribution >= 4 is 28.8 Å². The van der Waals surface area contributed by atoms with Gasteiger partial charge < -0.3 is 10.5 Å². The Balaban J connectivity index is 2.04. The SMILES string of the molecule is NC(=S)c1cc(COc2ccc(Cl)cc2)ccn1. The van der Waals surface area contributed by atoms with E-state index in [1.54, 1.807) is 18.3 Å². The molecule has 0 saturated carbocycles. The molecule has 0 fully saturated rings. The van der Waals surface area contributed by atoms with Crippen molar-refractivity contribution in [3.8, 4) is 5.75 Å². The van der Waals surface area contributed by atoms with E-state index in [1.165, 1.54) is 0 Å². The van der Waals surface area contributed by atoms with E-state index in [9.17, 15) is 0 Å². The van der Waals surface area contributed by atoms with E-state index in [-0.39, 0.29) is 4.99 Å². The van der Waals surface area contributed by atoms with E-state index < -0.39 is 0 Å². The smallest absolute Gasteiger partial charge is 0.122 e. The summed E-state index contributed by atoms with van der Waals surface area (Å²) in [5.74, 6) is 0.757. The molecular weight excluding hydrogens is 268 g/mol. The maximum absolute atomic E-state index is 5.79. The van der Waals surface area contributed by atoms with Crippen molar-refractivity contribution in [2.45, 2.75) is 6.61 Å². The van der Waals surface area contributed by atoms with E-state index in [1.807, 2.05) is 24.3 Å². The first-order valence-corrected chi connectivity index (χ1v) is 6.07. The standard InChI is InChI=1S/C13H11ClN2OS/c14-10-1-3-11(4-2-10)17-8-9-5-6-16-12(7-9)13(15)18/h1-7H,8H2,(H2,15,18). The number of rotatable bonds is 4. The highest BCUT2D eigenvalue weighted by molar-refractivity contribution is 7.80. The molecular formula is C13H11ClN2OS. The third-order valence-electron chi connectivity index (χ3n) is 2.30. The normalized spacial score (nSPS) is 10.1. The number of nitrogens with zero attached hydrogens (tertiary/aromatic N) is 1. The number of hydrogen-bond acceptors (Lipinski definition) is 3. The summed E-state index contributed by atoms with van der Waals surface area (Å²) >= 11 is 10.7. The summed E-state index contributed by atoms with van der Waals surface area (Å²) in [5.41, 5.74) is 7.08. The summed E-state index contributed by atoms with van der Waals surface area (Å²) in [5, 5.41) is 0.682. The molecule has 1 heterocycles. The van der Waals surface area contributed by atoms with Crippen molar-refractivity contribution in [2.75, 3.05) is 0 Å². The summed E-state index contributed by atoms with van der Waals surface area (Å²) in [6.45, 7) is 0.430. The van der Waals surface area contributed by atoms with Crippen molar-refractivity contribution in [2.24, 2.45) is 5.73 Å². The molecule has 0 aliphatic heterocycles. The van der Waals surface area contributed by atoms with Gasteiger partial charge in [-0.15, -0.1) is 0 Å². The number of hydrogen-bond donors (Lipinski definition) is 1. The maximum Gasteiger partial charge on any atom is 0.122 e. The van der Waals surface area contributed by atoms with Gasteiger partial charge in [-0.25, -0.2) is 0 Å². The molecule has 1 aromatic heterocycles. The number of thiocarbonyl (C=S) groups is 1. The summed E-state index contributed by atoms with van der Waals surface area (Å²) < 4.78 is 5.61. The van der Waals surface area contributed by atoms with Crippen molar-refractivity contribution in [3.63, 3.8) is 0 Å². The molecule has 2 N–H and O–H groups in total. The van der Waals surface area contributed by atoms with Crippen LogP contribution in [0.2, 0.25) is 5.02 Å². The topological polar surface area (TPSA) is 48.1 Å². The summed E-state index contributed by atoms with van der Waals surface area (Å²) in [7, 11) is 0. The fourth-order valence-electron chi connectivity index (χ4n) is 1.40. The molecule has 0 saturated heterocycles. The van der Waals surface area contributed by atoms with Gasteiger partial charge in [0.1, 0.15) is 17.3 Å². The number of halogens is 1. The average Bonchev–Trinajstić information content (AvgIpc) is 2.38. The van der Waals surface area contributed by atoms with Crippen LogP contribution in [0.1, 0.15) is 11.3 Å². The lowest BCUT2D eigenvalue weighted by Crippen LogP contribution is -2.12. The molecule has 0 aliphatic rings. The van der Waals surface area contributed by atoms with Crippen molar-refractivity contribution < 1.29 is 4.74 Å². The van der Waals surface area contributed by atoms with E-state index in [0.29, 0.717) is 17.3 Å². The van der Waals surface area contributed by atoms with Crippen LogP contribution in [0.25, 0.3) is 0 Å². The minimum absolute atomic E-state index is 0.281. The zero-order valence-electron chi connectivity index (χ0n) is 9.47. The first-order valence-electron chi connectivity index (χ1n) is 5.28. The fraction of sp³-hybridized carbons (Fsp3) is 0.0769. The summed E-state index contributed by atoms with van der Waals surface area (Å²) in [4.78, 5) is 4.35. The van der Waals surface area contributed by atoms with Gasteiger partial charge in [-0.2, -0.15) is 0 Å². The molecule has 92 valence electrons. The molecule has 0 bridgehead atoms. The number of pyridine rings is 1. The first kappa shape index (κ1) is 12.8. The van der Waals surface area contributed by atoms with Gasteiger partial charge in [0.25, 0.3) is 0 Å². The zero-order valence-corrected chi connectivity index (χ0v) is 11.0. The van der Waals surface area contributed by atoms with Crippen LogP contribution >= 0.6 is 23.8 Å². The fourth-order valence-corrected chi connectivity index (χ4v) is 1.63. The molecule has 1 aromatic carbocycles. The Morgan fingerprint density at radius 3 is 2.67 bits per heavy atom. The van der Waals surface area contributed by atoms with Crippen molar-refractivity contribution in [3.05, 3.63) is 58.9 Å². The van der Waals surface area contributed by atoms with Crippen LogP contribution in [0, 0.1) is 0 Å². The second-order valence-electron chi connectivity index (χ2n) is 3.66. The number of nitrogens with two attached hydrogens (primary N) is 1. The molecule has 0 spiro atoms. The first-order chi connectivity index (χ1) is 8.65. The van der Waals surface area contributed by atoms with Gasteiger partial charge in [-0.05, 0) is 42.0 Å². The monoisotopic (exact) mass is 278 g/mol. The third-order valence-corrected chi connectivity index (χ3v) is 2.76. The highest BCUT2D eigenvalue weighted by Crippen LogP contribution is 2.16. The minimum Gasteiger partial charge on any atom is -0.489 e. The highest BCUT2D eigenvalue weighted by Gasteiger charge is 2.01. The summed E-state index contributed by atoms with van der Waals surface area (Å²) in [6.07, 6.45) is 1.66. The van der Waals surface area contributed by atoms with Gasteiger partial charge in [0.05, 0.1) is 5.69 Å². The largest absolute Gasteiger partial charge is 0.489 e. The van der Waals surface area contributed by atoms with Gasteiger partial charge in [0.15, 0.2) is 0 Å². The van der Waals surface area contributed by atoms with E-state index in [4.69, 9.17) is 34.3 Å². The van der Waals surface area contributed by atoms with Crippen LogP contribution in [0.4, 0.5) is 0 Å². The van der Waals surface area contributed by atoms with Gasteiger partial charge in [-0.1, -0.05) is 23.8 Å². The van der Waals surface area contributed by atoms with Crippen LogP contribution in [0.5, 0.6) is 5.75 Å². The Kier molecular flexibility index (Phi) is 4.12. The van der Waals surface area contributed by atoms with E-state index >= 15 is 0 Å². The van der Waals surface area contributed by atoms with Gasteiger partial charge in [0, 0.05) is 11.2 Å². The lowest BCUT2D eigenvalue weighted by atomic mass is 10.2. The van der Waals surface area contributed by atoms with Crippen LogP contribution in [0.15, 0.2) is 42.6 Å². The van der Waals surface area contributed by atoms with Gasteiger partial charge in [0.2, 0.25) is 0 Å². The second-order valence-corrected chi connectivity index (χ2v) is 4.53. The molecule has 0 atom stereocenters. The molecule has 5 heteroatoms. The molecule has 0 aliphatic carbocycles. The lowest BCUT2D eigenvalue weighted by Gasteiger charge is -2.07. The van der Waals surface area contributed by atoms with Gasteiger partial charge >= 0.3 is 0 Å². The second kappa shape index (κ2) is 5.80. The quantitative estimate of drug-likeness (QED) is 0.874. The molecule has 0 amide bonds. The number of benzene rings is 1. The van der Waals surface area contributed by atoms with E-state index in [2.05, 4.69) is 4.98 Å². The molecule has 2 aromatic rings. The van der Waals surface area contributed by atoms with Crippen LogP contribution in [-0.4, -0.2) is 9.97 Å². The van der Waals surface area contributed by atoms with Crippen LogP contribution in [0.3, 0.4) is 0 Å². The Labute approximate surface area is 116 Å². The average molecular weight is 279 g/mol. The van der Waals surface area contributed by atoms with E-state index in [0.717, 1.165) is 11.3 Å². The Bertz CT molecular complexity index is 557. The van der Waals surface area contributed by atoms with Crippen molar-refractivity contribution in [1.29, 1.82) is 0 Å². The molecule has 18 heavy (non-hydrogen) atoms. The number of aromatic nitrogens is 1. The number of ether oxygens (including phenoxy) is 1. The maximum atomic E-state index is 5.79. The van der Waals surface area contributed by atoms with Gasteiger partial charge in [-0.3, -0.25) is 4.98 Å².